The van der Waals surface area contributed by atoms with E-state index in [-0.39, 0.29) is 25.5 Å². The SMILES string of the molecule is CCC(COCCC(=O)NCCC(C)C)O[N+](=O)[O-]. The van der Waals surface area contributed by atoms with Gasteiger partial charge in [0.25, 0.3) is 5.09 Å². The van der Waals surface area contributed by atoms with Crippen LogP contribution >= 0.6 is 0 Å². The summed E-state index contributed by atoms with van der Waals surface area (Å²) in [6, 6.07) is 0. The van der Waals surface area contributed by atoms with E-state index in [1.165, 1.54) is 0 Å². The molecule has 1 atom stereocenters. The fraction of sp³-hybridized carbons (Fsp3) is 0.917. The van der Waals surface area contributed by atoms with Crippen LogP contribution in [0.25, 0.3) is 0 Å². The van der Waals surface area contributed by atoms with Crippen molar-refractivity contribution < 1.29 is 19.5 Å². The van der Waals surface area contributed by atoms with Gasteiger partial charge in [0.15, 0.2) is 0 Å². The summed E-state index contributed by atoms with van der Waals surface area (Å²) in [7, 11) is 0. The van der Waals surface area contributed by atoms with Gasteiger partial charge in [-0.25, -0.2) is 0 Å². The number of carbonyl (C=O) groups excluding carboxylic acids is 1. The summed E-state index contributed by atoms with van der Waals surface area (Å²) in [5.41, 5.74) is 0. The zero-order valence-corrected chi connectivity index (χ0v) is 11.9. The highest BCUT2D eigenvalue weighted by molar-refractivity contribution is 5.75. The summed E-state index contributed by atoms with van der Waals surface area (Å²) < 4.78 is 5.20. The number of hydrogen-bond donors (Lipinski definition) is 1. The Kier molecular flexibility index (Phi) is 9.78. The van der Waals surface area contributed by atoms with Crippen LogP contribution in [0.15, 0.2) is 0 Å². The van der Waals surface area contributed by atoms with Gasteiger partial charge < -0.3 is 14.9 Å². The lowest BCUT2D eigenvalue weighted by molar-refractivity contribution is -0.769. The third kappa shape index (κ3) is 11.5. The molecule has 0 bridgehead atoms. The van der Waals surface area contributed by atoms with Gasteiger partial charge in [0, 0.05) is 13.0 Å². The van der Waals surface area contributed by atoms with Crippen molar-refractivity contribution in [3.8, 4) is 0 Å². The van der Waals surface area contributed by atoms with Crippen LogP contribution in [0, 0.1) is 16.0 Å². The topological polar surface area (TPSA) is 90.7 Å². The van der Waals surface area contributed by atoms with Crippen LogP contribution in [0.4, 0.5) is 0 Å². The quantitative estimate of drug-likeness (QED) is 0.351. The Morgan fingerprint density at radius 1 is 1.42 bits per heavy atom. The molecule has 0 aliphatic carbocycles. The van der Waals surface area contributed by atoms with Crippen LogP contribution in [0.2, 0.25) is 0 Å². The Morgan fingerprint density at radius 3 is 2.63 bits per heavy atom. The van der Waals surface area contributed by atoms with E-state index in [0.717, 1.165) is 6.42 Å². The van der Waals surface area contributed by atoms with Crippen LogP contribution in [-0.4, -0.2) is 36.9 Å². The molecule has 1 amide bonds. The lowest BCUT2D eigenvalue weighted by atomic mass is 10.1. The van der Waals surface area contributed by atoms with Crippen LogP contribution < -0.4 is 5.32 Å². The number of nitrogens with zero attached hydrogens (tertiary/aromatic N) is 1. The maximum atomic E-state index is 11.4. The number of rotatable bonds is 11. The van der Waals surface area contributed by atoms with Crippen molar-refractivity contribution in [2.45, 2.75) is 46.1 Å². The lowest BCUT2D eigenvalue weighted by Gasteiger charge is -2.12. The van der Waals surface area contributed by atoms with E-state index in [0.29, 0.717) is 18.9 Å². The fourth-order valence-electron chi connectivity index (χ4n) is 1.31. The monoisotopic (exact) mass is 276 g/mol. The molecule has 19 heavy (non-hydrogen) atoms. The number of nitrogens with one attached hydrogen (secondary N) is 1. The van der Waals surface area contributed by atoms with Crippen LogP contribution in [-0.2, 0) is 14.4 Å². The minimum atomic E-state index is -0.823. The first-order valence-electron chi connectivity index (χ1n) is 6.61. The van der Waals surface area contributed by atoms with E-state index in [1.54, 1.807) is 6.92 Å². The molecule has 0 aliphatic rings. The first kappa shape index (κ1) is 17.6. The second-order valence-electron chi connectivity index (χ2n) is 4.72. The van der Waals surface area contributed by atoms with Crippen molar-refractivity contribution in [3.63, 3.8) is 0 Å². The van der Waals surface area contributed by atoms with E-state index in [4.69, 9.17) is 4.74 Å². The van der Waals surface area contributed by atoms with Crippen LogP contribution in [0.5, 0.6) is 0 Å². The van der Waals surface area contributed by atoms with Crippen molar-refractivity contribution >= 4 is 5.91 Å². The molecule has 0 saturated carbocycles. The van der Waals surface area contributed by atoms with Crippen molar-refractivity contribution in [1.82, 2.24) is 5.32 Å². The predicted molar refractivity (Wildman–Crippen MR) is 70.1 cm³/mol. The third-order valence-electron chi connectivity index (χ3n) is 2.51. The standard InChI is InChI=1S/C12H24N2O5/c1-4-11(19-14(16)17)9-18-8-6-12(15)13-7-5-10(2)3/h10-11H,4-9H2,1-3H3,(H,13,15). The van der Waals surface area contributed by atoms with Crippen molar-refractivity contribution in [3.05, 3.63) is 10.1 Å². The van der Waals surface area contributed by atoms with Crippen molar-refractivity contribution in [2.75, 3.05) is 19.8 Å². The summed E-state index contributed by atoms with van der Waals surface area (Å²) in [6.45, 7) is 6.99. The molecule has 1 N–H and O–H groups in total. The average Bonchev–Trinajstić information content (AvgIpc) is 2.32. The molecule has 0 aromatic carbocycles. The van der Waals surface area contributed by atoms with Gasteiger partial charge in [-0.15, -0.1) is 10.1 Å². The number of ether oxygens (including phenoxy) is 1. The minimum absolute atomic E-state index is 0.0658. The van der Waals surface area contributed by atoms with Gasteiger partial charge in [0.2, 0.25) is 5.91 Å². The molecule has 0 aliphatic heterocycles. The summed E-state index contributed by atoms with van der Waals surface area (Å²) in [6.07, 6.45) is 1.12. The third-order valence-corrected chi connectivity index (χ3v) is 2.51. The van der Waals surface area contributed by atoms with Gasteiger partial charge in [-0.2, -0.15) is 0 Å². The van der Waals surface area contributed by atoms with E-state index >= 15 is 0 Å². The second kappa shape index (κ2) is 10.5. The number of hydrogen-bond acceptors (Lipinski definition) is 5. The molecule has 0 aromatic heterocycles. The molecule has 0 spiro atoms. The van der Waals surface area contributed by atoms with Crippen molar-refractivity contribution in [2.24, 2.45) is 5.92 Å². The van der Waals surface area contributed by atoms with E-state index in [9.17, 15) is 14.9 Å². The first-order chi connectivity index (χ1) is 8.95. The molecule has 7 heteroatoms. The average molecular weight is 276 g/mol. The summed E-state index contributed by atoms with van der Waals surface area (Å²) in [5, 5.41) is 12.1. The highest BCUT2D eigenvalue weighted by Gasteiger charge is 2.11. The smallest absolute Gasteiger partial charge is 0.294 e. The Bertz CT molecular complexity index is 271. The van der Waals surface area contributed by atoms with E-state index < -0.39 is 11.2 Å². The van der Waals surface area contributed by atoms with Crippen molar-refractivity contribution in [1.29, 1.82) is 0 Å². The Balaban J connectivity index is 3.56. The van der Waals surface area contributed by atoms with Gasteiger partial charge in [-0.3, -0.25) is 4.79 Å². The molecule has 1 unspecified atom stereocenters. The predicted octanol–water partition coefficient (Wildman–Crippen LogP) is 1.54. The fourth-order valence-corrected chi connectivity index (χ4v) is 1.31. The van der Waals surface area contributed by atoms with Crippen LogP contribution in [0.1, 0.15) is 40.0 Å². The van der Waals surface area contributed by atoms with Gasteiger partial charge >= 0.3 is 0 Å². The Hall–Kier alpha value is -1.37. The maximum Gasteiger partial charge on any atom is 0.294 e. The van der Waals surface area contributed by atoms with E-state index in [1.807, 2.05) is 0 Å². The number of amides is 1. The molecular formula is C12H24N2O5. The lowest BCUT2D eigenvalue weighted by Crippen LogP contribution is -2.27. The molecule has 112 valence electrons. The van der Waals surface area contributed by atoms with Gasteiger partial charge in [0.1, 0.15) is 6.10 Å². The summed E-state index contributed by atoms with van der Waals surface area (Å²) in [5.74, 6) is 0.491. The molecule has 0 saturated heterocycles. The zero-order valence-electron chi connectivity index (χ0n) is 11.9. The molecular weight excluding hydrogens is 252 g/mol. The minimum Gasteiger partial charge on any atom is -0.379 e. The molecule has 7 nitrogen and oxygen atoms in total. The summed E-state index contributed by atoms with van der Waals surface area (Å²) in [4.78, 5) is 25.9. The zero-order chi connectivity index (χ0) is 14.7. The number of carbonyl (C=O) groups is 1. The molecule has 0 rings (SSSR count). The maximum absolute atomic E-state index is 11.4. The molecule has 0 heterocycles. The van der Waals surface area contributed by atoms with E-state index in [2.05, 4.69) is 24.0 Å². The van der Waals surface area contributed by atoms with Gasteiger partial charge in [-0.05, 0) is 18.8 Å². The Morgan fingerprint density at radius 2 is 2.11 bits per heavy atom. The second-order valence-corrected chi connectivity index (χ2v) is 4.72. The normalized spacial score (nSPS) is 12.2. The van der Waals surface area contributed by atoms with Gasteiger partial charge in [-0.1, -0.05) is 20.8 Å². The van der Waals surface area contributed by atoms with Gasteiger partial charge in [0.05, 0.1) is 13.2 Å². The largest absolute Gasteiger partial charge is 0.379 e. The molecule has 0 fully saturated rings. The highest BCUT2D eigenvalue weighted by atomic mass is 17.0. The first-order valence-corrected chi connectivity index (χ1v) is 6.61. The Labute approximate surface area is 113 Å². The molecule has 0 radical (unpaired) electrons. The molecule has 0 aromatic rings. The summed E-state index contributed by atoms with van der Waals surface area (Å²) >= 11 is 0. The van der Waals surface area contributed by atoms with Crippen LogP contribution in [0.3, 0.4) is 0 Å². The highest BCUT2D eigenvalue weighted by Crippen LogP contribution is 2.00.